The number of ether oxygens (including phenoxy) is 1. The number of piperazine rings is 1. The van der Waals surface area contributed by atoms with E-state index in [4.69, 9.17) is 4.74 Å². The SMILES string of the molecule is Cc1ccc(CN2CCN3CC(OCC4CC4)CC3C2)s1. The number of hydrogen-bond acceptors (Lipinski definition) is 4. The zero-order chi connectivity index (χ0) is 14.2. The van der Waals surface area contributed by atoms with Crippen molar-refractivity contribution in [3.05, 3.63) is 21.9 Å². The normalized spacial score (nSPS) is 30.7. The number of rotatable bonds is 5. The smallest absolute Gasteiger partial charge is 0.0717 e. The van der Waals surface area contributed by atoms with Crippen molar-refractivity contribution in [2.75, 3.05) is 32.8 Å². The third-order valence-corrected chi connectivity index (χ3v) is 6.09. The van der Waals surface area contributed by atoms with Gasteiger partial charge >= 0.3 is 0 Å². The Bertz CT molecular complexity index is 485. The molecule has 3 nitrogen and oxygen atoms in total. The van der Waals surface area contributed by atoms with Crippen LogP contribution < -0.4 is 0 Å². The van der Waals surface area contributed by atoms with Crippen molar-refractivity contribution in [3.8, 4) is 0 Å². The average Bonchev–Trinajstić information content (AvgIpc) is 3.08. The quantitative estimate of drug-likeness (QED) is 0.832. The van der Waals surface area contributed by atoms with Gasteiger partial charge < -0.3 is 4.74 Å². The van der Waals surface area contributed by atoms with Gasteiger partial charge in [-0.05, 0) is 44.2 Å². The first-order valence-corrected chi connectivity index (χ1v) is 9.21. The van der Waals surface area contributed by atoms with Gasteiger partial charge in [-0.1, -0.05) is 0 Å². The van der Waals surface area contributed by atoms with Gasteiger partial charge in [-0.15, -0.1) is 11.3 Å². The minimum Gasteiger partial charge on any atom is -0.377 e. The van der Waals surface area contributed by atoms with Gasteiger partial charge in [0, 0.05) is 55.1 Å². The molecule has 2 saturated heterocycles. The number of hydrogen-bond donors (Lipinski definition) is 0. The Labute approximate surface area is 131 Å². The molecule has 4 heteroatoms. The molecule has 2 aliphatic heterocycles. The maximum atomic E-state index is 6.12. The fourth-order valence-corrected chi connectivity index (χ4v) is 4.61. The number of fused-ring (bicyclic) bond motifs is 1. The van der Waals surface area contributed by atoms with E-state index in [1.807, 2.05) is 11.3 Å². The van der Waals surface area contributed by atoms with Crippen LogP contribution in [0.5, 0.6) is 0 Å². The van der Waals surface area contributed by atoms with E-state index in [0.717, 1.165) is 25.1 Å². The maximum Gasteiger partial charge on any atom is 0.0717 e. The zero-order valence-electron chi connectivity index (χ0n) is 13.0. The van der Waals surface area contributed by atoms with Crippen molar-refractivity contribution >= 4 is 11.3 Å². The molecular formula is C17H26N2OS. The van der Waals surface area contributed by atoms with Crippen LogP contribution in [0.2, 0.25) is 0 Å². The minimum atomic E-state index is 0.500. The van der Waals surface area contributed by atoms with E-state index in [-0.39, 0.29) is 0 Å². The molecule has 1 saturated carbocycles. The summed E-state index contributed by atoms with van der Waals surface area (Å²) in [5, 5.41) is 0. The number of nitrogens with zero attached hydrogens (tertiary/aromatic N) is 2. The summed E-state index contributed by atoms with van der Waals surface area (Å²) in [5.74, 6) is 0.890. The number of aryl methyl sites for hydroxylation is 1. The van der Waals surface area contributed by atoms with E-state index in [9.17, 15) is 0 Å². The van der Waals surface area contributed by atoms with Crippen molar-refractivity contribution in [2.24, 2.45) is 5.92 Å². The predicted molar refractivity (Wildman–Crippen MR) is 86.8 cm³/mol. The third kappa shape index (κ3) is 3.50. The minimum absolute atomic E-state index is 0.500. The molecule has 1 aliphatic carbocycles. The fourth-order valence-electron chi connectivity index (χ4n) is 3.67. The average molecular weight is 306 g/mol. The van der Waals surface area contributed by atoms with Crippen LogP contribution in [0.1, 0.15) is 29.0 Å². The fraction of sp³-hybridized carbons (Fsp3) is 0.765. The lowest BCUT2D eigenvalue weighted by Gasteiger charge is -2.37. The largest absolute Gasteiger partial charge is 0.377 e. The summed E-state index contributed by atoms with van der Waals surface area (Å²) in [4.78, 5) is 8.24. The van der Waals surface area contributed by atoms with Crippen LogP contribution in [0.4, 0.5) is 0 Å². The second-order valence-corrected chi connectivity index (χ2v) is 8.40. The van der Waals surface area contributed by atoms with Gasteiger partial charge in [0.05, 0.1) is 6.10 Å². The summed E-state index contributed by atoms with van der Waals surface area (Å²) < 4.78 is 6.12. The molecule has 2 unspecified atom stereocenters. The second kappa shape index (κ2) is 5.99. The van der Waals surface area contributed by atoms with Crippen molar-refractivity contribution in [2.45, 2.75) is 44.9 Å². The highest BCUT2D eigenvalue weighted by molar-refractivity contribution is 7.11. The van der Waals surface area contributed by atoms with E-state index < -0.39 is 0 Å². The molecule has 0 bridgehead atoms. The summed E-state index contributed by atoms with van der Waals surface area (Å²) in [6, 6.07) is 5.26. The summed E-state index contributed by atoms with van der Waals surface area (Å²) in [7, 11) is 0. The molecule has 1 aromatic heterocycles. The molecule has 0 amide bonds. The van der Waals surface area contributed by atoms with Crippen molar-refractivity contribution in [1.82, 2.24) is 9.80 Å². The Morgan fingerprint density at radius 3 is 2.90 bits per heavy atom. The standard InChI is InChI=1S/C17H26N2OS/c1-13-2-5-17(21-13)11-18-6-7-19-10-16(8-15(19)9-18)20-12-14-3-4-14/h2,5,14-16H,3-4,6-12H2,1H3. The first kappa shape index (κ1) is 14.2. The van der Waals surface area contributed by atoms with Crippen LogP contribution in [-0.4, -0.2) is 54.7 Å². The summed E-state index contributed by atoms with van der Waals surface area (Å²) in [6.07, 6.45) is 4.54. The Morgan fingerprint density at radius 1 is 1.24 bits per heavy atom. The van der Waals surface area contributed by atoms with Crippen LogP contribution in [0.15, 0.2) is 12.1 Å². The van der Waals surface area contributed by atoms with Gasteiger partial charge in [0.25, 0.3) is 0 Å². The molecule has 4 rings (SSSR count). The molecule has 0 spiro atoms. The van der Waals surface area contributed by atoms with Crippen LogP contribution in [0.3, 0.4) is 0 Å². The molecule has 0 N–H and O–H groups in total. The van der Waals surface area contributed by atoms with Crippen molar-refractivity contribution in [3.63, 3.8) is 0 Å². The van der Waals surface area contributed by atoms with Crippen LogP contribution >= 0.6 is 11.3 Å². The van der Waals surface area contributed by atoms with Gasteiger partial charge in [0.15, 0.2) is 0 Å². The molecule has 116 valence electrons. The van der Waals surface area contributed by atoms with Gasteiger partial charge in [-0.2, -0.15) is 0 Å². The van der Waals surface area contributed by atoms with Crippen LogP contribution in [0.25, 0.3) is 0 Å². The third-order valence-electron chi connectivity index (χ3n) is 5.10. The topological polar surface area (TPSA) is 15.7 Å². The monoisotopic (exact) mass is 306 g/mol. The predicted octanol–water partition coefficient (Wildman–Crippen LogP) is 2.74. The zero-order valence-corrected chi connectivity index (χ0v) is 13.8. The molecule has 21 heavy (non-hydrogen) atoms. The van der Waals surface area contributed by atoms with Crippen molar-refractivity contribution < 1.29 is 4.74 Å². The highest BCUT2D eigenvalue weighted by Crippen LogP contribution is 2.31. The molecule has 3 fully saturated rings. The number of thiophene rings is 1. The molecule has 0 aromatic carbocycles. The van der Waals surface area contributed by atoms with E-state index >= 15 is 0 Å². The lowest BCUT2D eigenvalue weighted by atomic mass is 10.1. The van der Waals surface area contributed by atoms with E-state index in [0.29, 0.717) is 6.10 Å². The molecule has 2 atom stereocenters. The van der Waals surface area contributed by atoms with E-state index in [1.54, 1.807) is 0 Å². The Balaban J connectivity index is 1.28. The van der Waals surface area contributed by atoms with Crippen LogP contribution in [0, 0.1) is 12.8 Å². The van der Waals surface area contributed by atoms with E-state index in [1.165, 1.54) is 55.2 Å². The van der Waals surface area contributed by atoms with E-state index in [2.05, 4.69) is 28.9 Å². The van der Waals surface area contributed by atoms with Gasteiger partial charge in [0.1, 0.15) is 0 Å². The molecular weight excluding hydrogens is 280 g/mol. The molecule has 3 heterocycles. The van der Waals surface area contributed by atoms with Gasteiger partial charge in [-0.25, -0.2) is 0 Å². The van der Waals surface area contributed by atoms with Crippen molar-refractivity contribution in [1.29, 1.82) is 0 Å². The Kier molecular flexibility index (Phi) is 4.05. The van der Waals surface area contributed by atoms with Crippen LogP contribution in [-0.2, 0) is 11.3 Å². The molecule has 1 aromatic rings. The lowest BCUT2D eigenvalue weighted by Crippen LogP contribution is -2.49. The summed E-state index contributed by atoms with van der Waals surface area (Å²) in [6.45, 7) is 9.18. The van der Waals surface area contributed by atoms with Gasteiger partial charge in [0.2, 0.25) is 0 Å². The summed E-state index contributed by atoms with van der Waals surface area (Å²) in [5.41, 5.74) is 0. The highest BCUT2D eigenvalue weighted by atomic mass is 32.1. The molecule has 3 aliphatic rings. The summed E-state index contributed by atoms with van der Waals surface area (Å²) >= 11 is 1.95. The second-order valence-electron chi connectivity index (χ2n) is 7.03. The first-order chi connectivity index (χ1) is 10.3. The lowest BCUT2D eigenvalue weighted by molar-refractivity contribution is 0.0508. The maximum absolute atomic E-state index is 6.12. The Morgan fingerprint density at radius 2 is 2.14 bits per heavy atom. The Hall–Kier alpha value is -0.420. The van der Waals surface area contributed by atoms with Gasteiger partial charge in [-0.3, -0.25) is 9.80 Å². The first-order valence-electron chi connectivity index (χ1n) is 8.39. The molecule has 0 radical (unpaired) electrons. The highest BCUT2D eigenvalue weighted by Gasteiger charge is 2.37.